The van der Waals surface area contributed by atoms with Crippen molar-refractivity contribution in [2.24, 2.45) is 5.92 Å². The molecule has 21 heavy (non-hydrogen) atoms. The summed E-state index contributed by atoms with van der Waals surface area (Å²) in [4.78, 5) is 17.4. The number of carbonyl (C=O) groups is 1. The van der Waals surface area contributed by atoms with Crippen molar-refractivity contribution in [3.8, 4) is 0 Å². The minimum absolute atomic E-state index is 0.247. The Balaban J connectivity index is 1.66. The third kappa shape index (κ3) is 3.94. The van der Waals surface area contributed by atoms with E-state index in [0.717, 1.165) is 18.5 Å². The number of ketones is 1. The topological polar surface area (TPSA) is 30.0 Å². The molecule has 0 atom stereocenters. The number of Topliss-reactive ketones (excluding diaryl/α,β-unsaturated/α-hetero) is 1. The average Bonchev–Trinajstić information content (AvgIpc) is 2.73. The monoisotopic (exact) mass is 305 g/mol. The van der Waals surface area contributed by atoms with Crippen LogP contribution in [0, 0.1) is 5.92 Å². The molecule has 1 heterocycles. The maximum Gasteiger partial charge on any atom is 0.185 e. The quantitative estimate of drug-likeness (QED) is 0.527. The van der Waals surface area contributed by atoms with Crippen LogP contribution >= 0.6 is 11.3 Å². The van der Waals surface area contributed by atoms with Crippen molar-refractivity contribution < 1.29 is 4.79 Å². The van der Waals surface area contributed by atoms with Crippen molar-refractivity contribution in [2.45, 2.75) is 83.0 Å². The molecule has 2 fully saturated rings. The van der Waals surface area contributed by atoms with E-state index in [0.29, 0.717) is 11.7 Å². The van der Waals surface area contributed by atoms with E-state index >= 15 is 0 Å². The molecule has 0 bridgehead atoms. The van der Waals surface area contributed by atoms with Crippen molar-refractivity contribution in [3.05, 3.63) is 16.1 Å². The van der Waals surface area contributed by atoms with Crippen LogP contribution < -0.4 is 0 Å². The van der Waals surface area contributed by atoms with Gasteiger partial charge in [0.25, 0.3) is 0 Å². The standard InChI is InChI=1S/C18H27NOS/c20-17(14-9-5-1-2-6-10-14)16-13-21-18(19-16)15-11-7-3-4-8-12-15/h13-15H,1-12H2. The minimum Gasteiger partial charge on any atom is -0.292 e. The molecule has 3 heteroatoms. The summed E-state index contributed by atoms with van der Waals surface area (Å²) in [6.07, 6.45) is 15.1. The number of aromatic nitrogens is 1. The molecule has 116 valence electrons. The van der Waals surface area contributed by atoms with E-state index in [1.165, 1.54) is 69.2 Å². The van der Waals surface area contributed by atoms with Crippen molar-refractivity contribution in [1.82, 2.24) is 4.98 Å². The molecule has 0 amide bonds. The van der Waals surface area contributed by atoms with Crippen molar-refractivity contribution in [3.63, 3.8) is 0 Å². The lowest BCUT2D eigenvalue weighted by atomic mass is 9.94. The third-order valence-corrected chi connectivity index (χ3v) is 6.21. The smallest absolute Gasteiger partial charge is 0.185 e. The normalized spacial score (nSPS) is 22.7. The highest BCUT2D eigenvalue weighted by molar-refractivity contribution is 7.09. The number of rotatable bonds is 3. The lowest BCUT2D eigenvalue weighted by molar-refractivity contribution is 0.0903. The van der Waals surface area contributed by atoms with Gasteiger partial charge in [-0.15, -0.1) is 11.3 Å². The van der Waals surface area contributed by atoms with Crippen LogP contribution in [0.2, 0.25) is 0 Å². The molecule has 2 aliphatic carbocycles. The van der Waals surface area contributed by atoms with Crippen LogP contribution in [0.15, 0.2) is 5.38 Å². The van der Waals surface area contributed by atoms with Crippen LogP contribution in [0.25, 0.3) is 0 Å². The maximum atomic E-state index is 12.7. The number of thiazole rings is 1. The molecular weight excluding hydrogens is 278 g/mol. The van der Waals surface area contributed by atoms with E-state index in [4.69, 9.17) is 4.98 Å². The van der Waals surface area contributed by atoms with Gasteiger partial charge in [0.05, 0.1) is 5.01 Å². The van der Waals surface area contributed by atoms with Gasteiger partial charge in [-0.25, -0.2) is 4.98 Å². The molecule has 2 nitrogen and oxygen atoms in total. The summed E-state index contributed by atoms with van der Waals surface area (Å²) in [7, 11) is 0. The highest BCUT2D eigenvalue weighted by atomic mass is 32.1. The first-order chi connectivity index (χ1) is 10.3. The highest BCUT2D eigenvalue weighted by Crippen LogP contribution is 2.34. The Labute approximate surface area is 132 Å². The number of nitrogens with zero attached hydrogens (tertiary/aromatic N) is 1. The summed E-state index contributed by atoms with van der Waals surface area (Å²) in [6.45, 7) is 0. The molecule has 1 aromatic heterocycles. The van der Waals surface area contributed by atoms with E-state index in [2.05, 4.69) is 0 Å². The van der Waals surface area contributed by atoms with Gasteiger partial charge in [0.15, 0.2) is 5.78 Å². The minimum atomic E-state index is 0.247. The van der Waals surface area contributed by atoms with E-state index in [-0.39, 0.29) is 5.92 Å². The molecule has 0 unspecified atom stereocenters. The van der Waals surface area contributed by atoms with Gasteiger partial charge in [-0.05, 0) is 25.7 Å². The van der Waals surface area contributed by atoms with E-state index in [1.807, 2.05) is 5.38 Å². The summed E-state index contributed by atoms with van der Waals surface area (Å²) in [6, 6.07) is 0. The Hall–Kier alpha value is -0.700. The van der Waals surface area contributed by atoms with E-state index < -0.39 is 0 Å². The van der Waals surface area contributed by atoms with Gasteiger partial charge in [0.1, 0.15) is 5.69 Å². The molecule has 0 radical (unpaired) electrons. The van der Waals surface area contributed by atoms with E-state index in [9.17, 15) is 4.79 Å². The predicted molar refractivity (Wildman–Crippen MR) is 88.1 cm³/mol. The first kappa shape index (κ1) is 15.2. The Morgan fingerprint density at radius 1 is 0.905 bits per heavy atom. The predicted octanol–water partition coefficient (Wildman–Crippen LogP) is 5.73. The van der Waals surface area contributed by atoms with Gasteiger partial charge in [0, 0.05) is 17.2 Å². The SMILES string of the molecule is O=C(c1csc(C2CCCCCC2)n1)C1CCCCCC1. The fourth-order valence-corrected chi connectivity index (χ4v) is 4.85. The molecule has 1 aromatic rings. The second-order valence-electron chi connectivity index (χ2n) is 6.81. The molecule has 0 aliphatic heterocycles. The molecule has 0 saturated heterocycles. The third-order valence-electron chi connectivity index (χ3n) is 5.20. The first-order valence-corrected chi connectivity index (χ1v) is 9.72. The molecule has 2 saturated carbocycles. The fraction of sp³-hybridized carbons (Fsp3) is 0.778. The van der Waals surface area contributed by atoms with Crippen molar-refractivity contribution in [1.29, 1.82) is 0 Å². The van der Waals surface area contributed by atoms with Crippen molar-refractivity contribution in [2.75, 3.05) is 0 Å². The van der Waals surface area contributed by atoms with Crippen LogP contribution in [0.1, 0.15) is 98.5 Å². The fourth-order valence-electron chi connectivity index (χ4n) is 3.87. The summed E-state index contributed by atoms with van der Waals surface area (Å²) >= 11 is 1.73. The van der Waals surface area contributed by atoms with Gasteiger partial charge >= 0.3 is 0 Å². The first-order valence-electron chi connectivity index (χ1n) is 8.84. The molecule has 3 rings (SSSR count). The van der Waals surface area contributed by atoms with Gasteiger partial charge in [-0.2, -0.15) is 0 Å². The highest BCUT2D eigenvalue weighted by Gasteiger charge is 2.25. The molecule has 0 aromatic carbocycles. The summed E-state index contributed by atoms with van der Waals surface area (Å²) < 4.78 is 0. The summed E-state index contributed by atoms with van der Waals surface area (Å²) in [5, 5.41) is 3.27. The maximum absolute atomic E-state index is 12.7. The molecule has 2 aliphatic rings. The second kappa shape index (κ2) is 7.53. The van der Waals surface area contributed by atoms with Crippen LogP contribution in [-0.2, 0) is 0 Å². The van der Waals surface area contributed by atoms with Gasteiger partial charge in [-0.3, -0.25) is 4.79 Å². The Morgan fingerprint density at radius 3 is 2.10 bits per heavy atom. The van der Waals surface area contributed by atoms with Gasteiger partial charge in [-0.1, -0.05) is 51.4 Å². The number of hydrogen-bond donors (Lipinski definition) is 0. The Bertz CT molecular complexity index is 452. The number of carbonyl (C=O) groups excluding carboxylic acids is 1. The Kier molecular flexibility index (Phi) is 5.45. The molecular formula is C18H27NOS. The largest absolute Gasteiger partial charge is 0.292 e. The van der Waals surface area contributed by atoms with Gasteiger partial charge in [0.2, 0.25) is 0 Å². The zero-order chi connectivity index (χ0) is 14.5. The zero-order valence-electron chi connectivity index (χ0n) is 13.0. The van der Waals surface area contributed by atoms with Crippen LogP contribution in [-0.4, -0.2) is 10.8 Å². The average molecular weight is 305 g/mol. The zero-order valence-corrected chi connectivity index (χ0v) is 13.8. The number of hydrogen-bond acceptors (Lipinski definition) is 3. The van der Waals surface area contributed by atoms with Crippen LogP contribution in [0.5, 0.6) is 0 Å². The van der Waals surface area contributed by atoms with Crippen LogP contribution in [0.4, 0.5) is 0 Å². The van der Waals surface area contributed by atoms with Crippen LogP contribution in [0.3, 0.4) is 0 Å². The summed E-state index contributed by atoms with van der Waals surface area (Å²) in [5.74, 6) is 1.19. The lowest BCUT2D eigenvalue weighted by Crippen LogP contribution is -2.14. The second-order valence-corrected chi connectivity index (χ2v) is 7.70. The Morgan fingerprint density at radius 2 is 1.48 bits per heavy atom. The lowest BCUT2D eigenvalue weighted by Gasteiger charge is -2.11. The van der Waals surface area contributed by atoms with E-state index in [1.54, 1.807) is 11.3 Å². The van der Waals surface area contributed by atoms with Gasteiger partial charge < -0.3 is 0 Å². The molecule has 0 N–H and O–H groups in total. The molecule has 0 spiro atoms. The van der Waals surface area contributed by atoms with Crippen molar-refractivity contribution >= 4 is 17.1 Å². The summed E-state index contributed by atoms with van der Waals surface area (Å²) in [5.41, 5.74) is 0.770.